The Labute approximate surface area is 89.5 Å². The first-order chi connectivity index (χ1) is 6.43. The predicted molar refractivity (Wildman–Crippen MR) is 57.4 cm³/mol. The lowest BCUT2D eigenvalue weighted by atomic mass is 10.2. The van der Waals surface area contributed by atoms with Crippen LogP contribution in [0.25, 0.3) is 0 Å². The summed E-state index contributed by atoms with van der Waals surface area (Å²) in [6.07, 6.45) is 0. The van der Waals surface area contributed by atoms with E-state index in [4.69, 9.17) is 16.2 Å². The van der Waals surface area contributed by atoms with Crippen LogP contribution in [0.1, 0.15) is 12.5 Å². The molecule has 0 aliphatic carbocycles. The Morgan fingerprint density at radius 3 is 2.07 bits per heavy atom. The zero-order chi connectivity index (χ0) is 11.2. The summed E-state index contributed by atoms with van der Waals surface area (Å²) in [4.78, 5) is -0.0278. The van der Waals surface area contributed by atoms with Crippen LogP contribution >= 0.6 is 11.6 Å². The second-order valence-corrected chi connectivity index (χ2v) is 4.43. The second-order valence-electron chi connectivity index (χ2n) is 2.51. The van der Waals surface area contributed by atoms with Gasteiger partial charge in [0.05, 0.1) is 4.90 Å². The van der Waals surface area contributed by atoms with Crippen LogP contribution in [0, 0.1) is 6.92 Å². The molecule has 0 heterocycles. The highest BCUT2D eigenvalue weighted by Crippen LogP contribution is 2.12. The minimum atomic E-state index is -4.03. The smallest absolute Gasteiger partial charge is 0.282 e. The maximum Gasteiger partial charge on any atom is 0.294 e. The minimum Gasteiger partial charge on any atom is -0.282 e. The standard InChI is InChI=1S/C7H8O3S.C2H5Cl/c1-6-4-2-3-5-7(6)11(8,9)10;1-2-3/h2-5H,1H3,(H,8,9,10);2H2,1H3. The number of benzene rings is 1. The summed E-state index contributed by atoms with van der Waals surface area (Å²) in [6, 6.07) is 6.27. The highest BCUT2D eigenvalue weighted by molar-refractivity contribution is 7.85. The molecule has 0 fully saturated rings. The van der Waals surface area contributed by atoms with Crippen LogP contribution < -0.4 is 0 Å². The van der Waals surface area contributed by atoms with Crippen molar-refractivity contribution in [3.05, 3.63) is 29.8 Å². The van der Waals surface area contributed by atoms with Crippen LogP contribution in [0.2, 0.25) is 0 Å². The van der Waals surface area contributed by atoms with Crippen LogP contribution in [-0.4, -0.2) is 18.9 Å². The van der Waals surface area contributed by atoms with Gasteiger partial charge in [-0.1, -0.05) is 25.1 Å². The molecule has 0 spiro atoms. The van der Waals surface area contributed by atoms with Crippen molar-refractivity contribution in [3.63, 3.8) is 0 Å². The molecule has 0 aromatic heterocycles. The van der Waals surface area contributed by atoms with E-state index in [9.17, 15) is 8.42 Å². The molecule has 1 aromatic carbocycles. The van der Waals surface area contributed by atoms with Gasteiger partial charge >= 0.3 is 0 Å². The first-order valence-corrected chi connectivity index (χ1v) is 6.00. The predicted octanol–water partition coefficient (Wildman–Crippen LogP) is 2.49. The fourth-order valence-corrected chi connectivity index (χ4v) is 1.57. The third-order valence-corrected chi connectivity index (χ3v) is 2.39. The van der Waals surface area contributed by atoms with E-state index < -0.39 is 10.1 Å². The molecule has 14 heavy (non-hydrogen) atoms. The average molecular weight is 237 g/mol. The van der Waals surface area contributed by atoms with Gasteiger partial charge in [-0.2, -0.15) is 8.42 Å². The summed E-state index contributed by atoms with van der Waals surface area (Å²) in [7, 11) is -4.03. The number of rotatable bonds is 1. The zero-order valence-electron chi connectivity index (χ0n) is 8.07. The molecule has 1 N–H and O–H groups in total. The van der Waals surface area contributed by atoms with Crippen molar-refractivity contribution in [1.82, 2.24) is 0 Å². The molecule has 0 atom stereocenters. The van der Waals surface area contributed by atoms with E-state index in [0.29, 0.717) is 5.56 Å². The number of hydrogen-bond acceptors (Lipinski definition) is 2. The van der Waals surface area contributed by atoms with Crippen LogP contribution in [0.15, 0.2) is 29.2 Å². The number of aryl methyl sites for hydroxylation is 1. The molecule has 0 aliphatic rings. The van der Waals surface area contributed by atoms with E-state index in [0.717, 1.165) is 5.88 Å². The second kappa shape index (κ2) is 6.01. The van der Waals surface area contributed by atoms with E-state index >= 15 is 0 Å². The van der Waals surface area contributed by atoms with Crippen LogP contribution in [-0.2, 0) is 10.1 Å². The molecular weight excluding hydrogens is 224 g/mol. The van der Waals surface area contributed by atoms with Gasteiger partial charge < -0.3 is 0 Å². The molecule has 1 aromatic rings. The first kappa shape index (κ1) is 13.4. The molecule has 5 heteroatoms. The Morgan fingerprint density at radius 2 is 1.79 bits per heavy atom. The molecule has 0 aliphatic heterocycles. The molecule has 0 saturated carbocycles. The van der Waals surface area contributed by atoms with Gasteiger partial charge in [0.25, 0.3) is 10.1 Å². The van der Waals surface area contributed by atoms with Crippen LogP contribution in [0.3, 0.4) is 0 Å². The van der Waals surface area contributed by atoms with Crippen molar-refractivity contribution < 1.29 is 13.0 Å². The Hall–Kier alpha value is -0.580. The van der Waals surface area contributed by atoms with Crippen molar-refractivity contribution in [3.8, 4) is 0 Å². The van der Waals surface area contributed by atoms with Gasteiger partial charge in [0, 0.05) is 5.88 Å². The van der Waals surface area contributed by atoms with Crippen molar-refractivity contribution in [2.45, 2.75) is 18.7 Å². The Kier molecular flexibility index (Phi) is 5.76. The fraction of sp³-hybridized carbons (Fsp3) is 0.333. The van der Waals surface area contributed by atoms with Crippen molar-refractivity contribution in [2.75, 3.05) is 5.88 Å². The van der Waals surface area contributed by atoms with Gasteiger partial charge in [-0.05, 0) is 18.6 Å². The third kappa shape index (κ3) is 4.60. The maximum atomic E-state index is 10.6. The summed E-state index contributed by atoms with van der Waals surface area (Å²) in [5.41, 5.74) is 0.551. The summed E-state index contributed by atoms with van der Waals surface area (Å²) in [5.74, 6) is 0.722. The summed E-state index contributed by atoms with van der Waals surface area (Å²) in [5, 5.41) is 0. The van der Waals surface area contributed by atoms with Gasteiger partial charge in [0.2, 0.25) is 0 Å². The van der Waals surface area contributed by atoms with Crippen molar-refractivity contribution in [1.29, 1.82) is 0 Å². The largest absolute Gasteiger partial charge is 0.294 e. The van der Waals surface area contributed by atoms with E-state index in [1.165, 1.54) is 6.07 Å². The molecule has 0 unspecified atom stereocenters. The van der Waals surface area contributed by atoms with E-state index in [1.54, 1.807) is 25.1 Å². The molecule has 3 nitrogen and oxygen atoms in total. The lowest BCUT2D eigenvalue weighted by molar-refractivity contribution is 0.482. The minimum absolute atomic E-state index is 0.0278. The maximum absolute atomic E-state index is 10.6. The normalized spacial score (nSPS) is 10.3. The monoisotopic (exact) mass is 236 g/mol. The molecular formula is C9H13ClO3S. The molecule has 80 valence electrons. The third-order valence-electron chi connectivity index (χ3n) is 1.37. The Morgan fingerprint density at radius 1 is 1.36 bits per heavy atom. The molecule has 1 rings (SSSR count). The molecule has 0 radical (unpaired) electrons. The number of halogens is 1. The Bertz CT molecular complexity index is 373. The topological polar surface area (TPSA) is 54.4 Å². The summed E-state index contributed by atoms with van der Waals surface area (Å²) < 4.78 is 29.9. The fourth-order valence-electron chi connectivity index (χ4n) is 0.846. The molecule has 0 saturated heterocycles. The number of alkyl halides is 1. The highest BCUT2D eigenvalue weighted by atomic mass is 35.5. The summed E-state index contributed by atoms with van der Waals surface area (Å²) in [6.45, 7) is 3.52. The lowest BCUT2D eigenvalue weighted by Crippen LogP contribution is -1.99. The van der Waals surface area contributed by atoms with E-state index in [1.807, 2.05) is 6.92 Å². The number of hydrogen-bond donors (Lipinski definition) is 1. The van der Waals surface area contributed by atoms with Gasteiger partial charge in [-0.25, -0.2) is 0 Å². The van der Waals surface area contributed by atoms with E-state index in [-0.39, 0.29) is 4.90 Å². The quantitative estimate of drug-likeness (QED) is 0.602. The van der Waals surface area contributed by atoms with Crippen molar-refractivity contribution >= 4 is 21.7 Å². The SMILES string of the molecule is CCCl.Cc1ccccc1S(=O)(=O)O. The van der Waals surface area contributed by atoms with Gasteiger partial charge in [-0.15, -0.1) is 11.6 Å². The molecule has 0 amide bonds. The first-order valence-electron chi connectivity index (χ1n) is 4.02. The molecule has 0 bridgehead atoms. The van der Waals surface area contributed by atoms with Gasteiger partial charge in [0.1, 0.15) is 0 Å². The highest BCUT2D eigenvalue weighted by Gasteiger charge is 2.10. The van der Waals surface area contributed by atoms with Crippen LogP contribution in [0.4, 0.5) is 0 Å². The van der Waals surface area contributed by atoms with Crippen LogP contribution in [0.5, 0.6) is 0 Å². The zero-order valence-corrected chi connectivity index (χ0v) is 9.64. The summed E-state index contributed by atoms with van der Waals surface area (Å²) >= 11 is 5.00. The van der Waals surface area contributed by atoms with Gasteiger partial charge in [-0.3, -0.25) is 4.55 Å². The van der Waals surface area contributed by atoms with E-state index in [2.05, 4.69) is 0 Å². The van der Waals surface area contributed by atoms with Crippen molar-refractivity contribution in [2.24, 2.45) is 0 Å². The Balaban J connectivity index is 0.000000500. The average Bonchev–Trinajstić information content (AvgIpc) is 2.04. The van der Waals surface area contributed by atoms with Gasteiger partial charge in [0.15, 0.2) is 0 Å². The lowest BCUT2D eigenvalue weighted by Gasteiger charge is -1.99.